The van der Waals surface area contributed by atoms with Crippen molar-refractivity contribution in [1.82, 2.24) is 5.32 Å². The van der Waals surface area contributed by atoms with Gasteiger partial charge in [-0.05, 0) is 19.8 Å². The van der Waals surface area contributed by atoms with Gasteiger partial charge >= 0.3 is 11.9 Å². The van der Waals surface area contributed by atoms with E-state index in [-0.39, 0.29) is 0 Å². The molecular formula is C12H21NO4. The summed E-state index contributed by atoms with van der Waals surface area (Å²) < 4.78 is 0. The van der Waals surface area contributed by atoms with Gasteiger partial charge in [0.25, 0.3) is 0 Å². The molecule has 17 heavy (non-hydrogen) atoms. The molecule has 5 nitrogen and oxygen atoms in total. The quantitative estimate of drug-likeness (QED) is 0.621. The highest BCUT2D eigenvalue weighted by Crippen LogP contribution is 2.05. The van der Waals surface area contributed by atoms with E-state index >= 15 is 0 Å². The van der Waals surface area contributed by atoms with E-state index in [4.69, 9.17) is 10.2 Å². The number of carbonyl (C=O) groups is 2. The molecule has 98 valence electrons. The molecule has 0 aromatic carbocycles. The van der Waals surface area contributed by atoms with Crippen LogP contribution in [0.2, 0.25) is 0 Å². The molecule has 0 rings (SSSR count). The van der Waals surface area contributed by atoms with Crippen LogP contribution >= 0.6 is 0 Å². The summed E-state index contributed by atoms with van der Waals surface area (Å²) in [7, 11) is 0. The minimum atomic E-state index is -0.981. The van der Waals surface area contributed by atoms with Gasteiger partial charge in [0.1, 0.15) is 0 Å². The van der Waals surface area contributed by atoms with Crippen molar-refractivity contribution in [2.24, 2.45) is 0 Å². The predicted molar refractivity (Wildman–Crippen MR) is 66.8 cm³/mol. The molecule has 0 aromatic heterocycles. The molecule has 0 saturated heterocycles. The Balaban J connectivity index is 0. The van der Waals surface area contributed by atoms with Crippen LogP contribution in [0.1, 0.15) is 33.6 Å². The molecule has 3 N–H and O–H groups in total. The molecular weight excluding hydrogens is 222 g/mol. The van der Waals surface area contributed by atoms with Crippen LogP contribution < -0.4 is 5.32 Å². The lowest BCUT2D eigenvalue weighted by atomic mass is 10.1. The topological polar surface area (TPSA) is 86.6 Å². The lowest BCUT2D eigenvalue weighted by Crippen LogP contribution is -2.16. The average Bonchev–Trinajstić information content (AvgIpc) is 2.27. The molecule has 0 aliphatic heterocycles. The summed E-state index contributed by atoms with van der Waals surface area (Å²) in [6.45, 7) is 9.50. The Morgan fingerprint density at radius 2 is 1.76 bits per heavy atom. The number of carboxylic acid groups (broad SMARTS) is 2. The van der Waals surface area contributed by atoms with Crippen LogP contribution in [0.3, 0.4) is 0 Å². The van der Waals surface area contributed by atoms with Crippen molar-refractivity contribution in [3.63, 3.8) is 0 Å². The molecule has 0 bridgehead atoms. The number of nitrogens with one attached hydrogen (secondary N) is 1. The largest absolute Gasteiger partial charge is 0.478 e. The number of hydrogen-bond donors (Lipinski definition) is 3. The van der Waals surface area contributed by atoms with Crippen LogP contribution in [-0.2, 0) is 9.59 Å². The lowest BCUT2D eigenvalue weighted by Gasteiger charge is -2.08. The minimum absolute atomic E-state index is 0.475. The van der Waals surface area contributed by atoms with Gasteiger partial charge in [-0.3, -0.25) is 0 Å². The highest BCUT2D eigenvalue weighted by molar-refractivity contribution is 5.87. The van der Waals surface area contributed by atoms with Crippen LogP contribution in [0.4, 0.5) is 0 Å². The number of allylic oxidation sites excluding steroid dienone is 1. The van der Waals surface area contributed by atoms with Crippen molar-refractivity contribution < 1.29 is 19.8 Å². The maximum absolute atomic E-state index is 10.6. The Morgan fingerprint density at radius 1 is 1.29 bits per heavy atom. The SMILES string of the molecule is C=CC(=O)O.CCCN/C(C)=C(/CC)C(=O)O. The summed E-state index contributed by atoms with van der Waals surface area (Å²) in [6, 6.07) is 0. The first-order chi connectivity index (χ1) is 7.90. The van der Waals surface area contributed by atoms with E-state index < -0.39 is 11.9 Å². The maximum atomic E-state index is 10.6. The van der Waals surface area contributed by atoms with E-state index in [9.17, 15) is 9.59 Å². The predicted octanol–water partition coefficient (Wildman–Crippen LogP) is 2.01. The van der Waals surface area contributed by atoms with Gasteiger partial charge in [-0.1, -0.05) is 20.4 Å². The fourth-order valence-corrected chi connectivity index (χ4v) is 0.996. The molecule has 0 aromatic rings. The van der Waals surface area contributed by atoms with Crippen LogP contribution in [0.25, 0.3) is 0 Å². The van der Waals surface area contributed by atoms with Crippen molar-refractivity contribution in [2.45, 2.75) is 33.6 Å². The Bertz CT molecular complexity index is 295. The normalized spacial score (nSPS) is 10.5. The number of carboxylic acids is 2. The Morgan fingerprint density at radius 3 is 2.00 bits per heavy atom. The first-order valence-corrected chi connectivity index (χ1v) is 5.42. The summed E-state index contributed by atoms with van der Waals surface area (Å²) in [5.74, 6) is -1.80. The molecule has 0 aliphatic carbocycles. The second-order valence-electron chi connectivity index (χ2n) is 3.23. The van der Waals surface area contributed by atoms with Gasteiger partial charge in [0.05, 0.1) is 5.57 Å². The summed E-state index contributed by atoms with van der Waals surface area (Å²) in [5.41, 5.74) is 1.26. The fraction of sp³-hybridized carbons (Fsp3) is 0.500. The van der Waals surface area contributed by atoms with Gasteiger partial charge in [0.2, 0.25) is 0 Å². The molecule has 0 amide bonds. The molecule has 0 unspecified atom stereocenters. The van der Waals surface area contributed by atoms with Gasteiger partial charge in [-0.25, -0.2) is 9.59 Å². The van der Waals surface area contributed by atoms with Crippen molar-refractivity contribution in [1.29, 1.82) is 0 Å². The third-order valence-corrected chi connectivity index (χ3v) is 1.88. The number of hydrogen-bond acceptors (Lipinski definition) is 3. The van der Waals surface area contributed by atoms with Crippen LogP contribution in [0.5, 0.6) is 0 Å². The molecule has 0 spiro atoms. The monoisotopic (exact) mass is 243 g/mol. The first-order valence-electron chi connectivity index (χ1n) is 5.42. The summed E-state index contributed by atoms with van der Waals surface area (Å²) >= 11 is 0. The summed E-state index contributed by atoms with van der Waals surface area (Å²) in [5, 5.41) is 19.4. The summed E-state index contributed by atoms with van der Waals surface area (Å²) in [6.07, 6.45) is 2.41. The second-order valence-corrected chi connectivity index (χ2v) is 3.23. The number of aliphatic carboxylic acids is 2. The van der Waals surface area contributed by atoms with E-state index in [1.54, 1.807) is 0 Å². The van der Waals surface area contributed by atoms with Crippen LogP contribution in [0, 0.1) is 0 Å². The minimum Gasteiger partial charge on any atom is -0.478 e. The van der Waals surface area contributed by atoms with E-state index in [2.05, 4.69) is 11.9 Å². The van der Waals surface area contributed by atoms with Gasteiger partial charge in [0.15, 0.2) is 0 Å². The zero-order valence-corrected chi connectivity index (χ0v) is 10.6. The van der Waals surface area contributed by atoms with Gasteiger partial charge in [-0.15, -0.1) is 0 Å². The highest BCUT2D eigenvalue weighted by Gasteiger charge is 2.07. The van der Waals surface area contributed by atoms with Gasteiger partial charge in [0, 0.05) is 18.3 Å². The lowest BCUT2D eigenvalue weighted by molar-refractivity contribution is -0.133. The Kier molecular flexibility index (Phi) is 11.1. The zero-order valence-electron chi connectivity index (χ0n) is 10.6. The molecule has 0 radical (unpaired) electrons. The molecule has 5 heteroatoms. The van der Waals surface area contributed by atoms with E-state index in [1.165, 1.54) is 0 Å². The average molecular weight is 243 g/mol. The molecule has 0 heterocycles. The summed E-state index contributed by atoms with van der Waals surface area (Å²) in [4.78, 5) is 19.9. The fourth-order valence-electron chi connectivity index (χ4n) is 0.996. The zero-order chi connectivity index (χ0) is 13.8. The first kappa shape index (κ1) is 17.6. The molecule has 0 saturated carbocycles. The van der Waals surface area contributed by atoms with E-state index in [0.717, 1.165) is 24.7 Å². The molecule has 0 aliphatic rings. The van der Waals surface area contributed by atoms with E-state index in [0.29, 0.717) is 12.0 Å². The smallest absolute Gasteiger partial charge is 0.333 e. The van der Waals surface area contributed by atoms with Crippen molar-refractivity contribution in [3.05, 3.63) is 23.9 Å². The maximum Gasteiger partial charge on any atom is 0.333 e. The Labute approximate surface area is 102 Å². The van der Waals surface area contributed by atoms with Gasteiger partial charge in [-0.2, -0.15) is 0 Å². The van der Waals surface area contributed by atoms with Crippen molar-refractivity contribution in [2.75, 3.05) is 6.54 Å². The van der Waals surface area contributed by atoms with Crippen LogP contribution in [0.15, 0.2) is 23.9 Å². The third-order valence-electron chi connectivity index (χ3n) is 1.88. The molecule has 0 fully saturated rings. The second kappa shape index (κ2) is 10.7. The van der Waals surface area contributed by atoms with Crippen LogP contribution in [-0.4, -0.2) is 28.7 Å². The number of rotatable bonds is 6. The van der Waals surface area contributed by atoms with Gasteiger partial charge < -0.3 is 15.5 Å². The van der Waals surface area contributed by atoms with Crippen molar-refractivity contribution >= 4 is 11.9 Å². The highest BCUT2D eigenvalue weighted by atomic mass is 16.4. The molecule has 0 atom stereocenters. The standard InChI is InChI=1S/C9H17NO2.C3H4O2/c1-4-6-10-7(3)8(5-2)9(11)12;1-2-3(4)5/h10H,4-6H2,1-3H3,(H,11,12);2H,1H2,(H,4,5)/b8-7-;. The third kappa shape index (κ3) is 10.5. The Hall–Kier alpha value is -1.78. The van der Waals surface area contributed by atoms with Crippen molar-refractivity contribution in [3.8, 4) is 0 Å². The van der Waals surface area contributed by atoms with E-state index in [1.807, 2.05) is 20.8 Å².